The molecule has 0 spiro atoms. The van der Waals surface area contributed by atoms with Gasteiger partial charge in [-0.25, -0.2) is 0 Å². The molecule has 1 aliphatic heterocycles. The van der Waals surface area contributed by atoms with Crippen LogP contribution in [0.15, 0.2) is 65.7 Å². The Morgan fingerprint density at radius 3 is 2.54 bits per heavy atom. The summed E-state index contributed by atoms with van der Waals surface area (Å²) in [5.41, 5.74) is 4.78. The summed E-state index contributed by atoms with van der Waals surface area (Å²) in [4.78, 5) is 17.7. The number of likely N-dealkylation sites (N-methyl/N-ethyl adjacent to an activating group) is 1. The van der Waals surface area contributed by atoms with Crippen LogP contribution < -0.4 is 16.2 Å². The van der Waals surface area contributed by atoms with Crippen molar-refractivity contribution in [1.82, 2.24) is 20.6 Å². The summed E-state index contributed by atoms with van der Waals surface area (Å²) in [7, 11) is 1.92. The average Bonchev–Trinajstić information content (AvgIpc) is 3.08. The Labute approximate surface area is 139 Å². The summed E-state index contributed by atoms with van der Waals surface area (Å²) < 4.78 is 0. The van der Waals surface area contributed by atoms with Crippen molar-refractivity contribution in [3.05, 3.63) is 76.9 Å². The molecule has 1 aliphatic rings. The molecule has 1 unspecified atom stereocenters. The molecule has 2 aromatic heterocycles. The summed E-state index contributed by atoms with van der Waals surface area (Å²) in [5, 5.41) is 7.35. The van der Waals surface area contributed by atoms with E-state index in [1.807, 2.05) is 25.4 Å². The first-order valence-corrected chi connectivity index (χ1v) is 7.87. The predicted molar refractivity (Wildman–Crippen MR) is 97.5 cm³/mol. The lowest BCUT2D eigenvalue weighted by Gasteiger charge is -2.18. The van der Waals surface area contributed by atoms with Crippen molar-refractivity contribution in [2.75, 3.05) is 7.05 Å². The van der Waals surface area contributed by atoms with Gasteiger partial charge in [-0.1, -0.05) is 30.3 Å². The molecule has 1 atom stereocenters. The summed E-state index contributed by atoms with van der Waals surface area (Å²) in [6, 6.07) is 12.2. The fraction of sp³-hybridized carbons (Fsp3) is 0.105. The van der Waals surface area contributed by atoms with Crippen LogP contribution in [-0.2, 0) is 0 Å². The van der Waals surface area contributed by atoms with Crippen molar-refractivity contribution < 1.29 is 0 Å². The minimum Gasteiger partial charge on any atom is -0.372 e. The Morgan fingerprint density at radius 2 is 1.88 bits per heavy atom. The molecule has 3 heterocycles. The zero-order chi connectivity index (χ0) is 16.5. The maximum absolute atomic E-state index is 11.8. The number of H-pyrrole nitrogens is 2. The number of rotatable bonds is 3. The number of allylic oxidation sites excluding steroid dienone is 2. The third-order valence-corrected chi connectivity index (χ3v) is 4.28. The van der Waals surface area contributed by atoms with Crippen LogP contribution in [-0.4, -0.2) is 23.2 Å². The molecule has 120 valence electrons. The van der Waals surface area contributed by atoms with E-state index in [-0.39, 0.29) is 11.7 Å². The molecule has 4 rings (SSSR count). The van der Waals surface area contributed by atoms with Gasteiger partial charge in [0.15, 0.2) is 0 Å². The number of fused-ring (bicyclic) bond motifs is 1. The number of hydrogen-bond acceptors (Lipinski definition) is 3. The maximum atomic E-state index is 11.8. The SMILES string of the molecule is CNC1C=CC(c2ccc(-c3cc4cc[nH]c(=O)c4[nH]3)cc2)=CN1. The van der Waals surface area contributed by atoms with Crippen molar-refractivity contribution in [2.24, 2.45) is 0 Å². The van der Waals surface area contributed by atoms with Crippen molar-refractivity contribution >= 4 is 16.5 Å². The van der Waals surface area contributed by atoms with Gasteiger partial charge in [-0.2, -0.15) is 0 Å². The molecule has 1 aromatic carbocycles. The predicted octanol–water partition coefficient (Wildman–Crippen LogP) is 2.57. The Balaban J connectivity index is 1.64. The van der Waals surface area contributed by atoms with E-state index in [0.717, 1.165) is 27.8 Å². The highest BCUT2D eigenvalue weighted by Crippen LogP contribution is 2.25. The third kappa shape index (κ3) is 2.55. The monoisotopic (exact) mass is 318 g/mol. The zero-order valence-corrected chi connectivity index (χ0v) is 13.3. The average molecular weight is 318 g/mol. The molecule has 0 amide bonds. The Hall–Kier alpha value is -3.05. The number of dihydropyridines is 1. The van der Waals surface area contributed by atoms with E-state index in [2.05, 4.69) is 57.0 Å². The molecule has 5 nitrogen and oxygen atoms in total. The fourth-order valence-electron chi connectivity index (χ4n) is 2.91. The van der Waals surface area contributed by atoms with Crippen LogP contribution in [0.3, 0.4) is 0 Å². The van der Waals surface area contributed by atoms with Gasteiger partial charge in [-0.15, -0.1) is 0 Å². The van der Waals surface area contributed by atoms with Gasteiger partial charge >= 0.3 is 0 Å². The van der Waals surface area contributed by atoms with Gasteiger partial charge < -0.3 is 15.3 Å². The summed E-state index contributed by atoms with van der Waals surface area (Å²) in [6.45, 7) is 0. The molecule has 0 radical (unpaired) electrons. The van der Waals surface area contributed by atoms with E-state index in [1.54, 1.807) is 6.20 Å². The van der Waals surface area contributed by atoms with Crippen LogP contribution in [0.5, 0.6) is 0 Å². The number of benzene rings is 1. The molecule has 4 N–H and O–H groups in total. The minimum atomic E-state index is -0.0990. The van der Waals surface area contributed by atoms with Crippen LogP contribution in [0.2, 0.25) is 0 Å². The highest BCUT2D eigenvalue weighted by Gasteiger charge is 2.09. The Bertz CT molecular complexity index is 992. The lowest BCUT2D eigenvalue weighted by Crippen LogP contribution is -2.36. The fourth-order valence-corrected chi connectivity index (χ4v) is 2.91. The van der Waals surface area contributed by atoms with Crippen molar-refractivity contribution in [3.63, 3.8) is 0 Å². The smallest absolute Gasteiger partial charge is 0.272 e. The van der Waals surface area contributed by atoms with Crippen LogP contribution in [0.4, 0.5) is 0 Å². The molecule has 0 fully saturated rings. The van der Waals surface area contributed by atoms with E-state index in [9.17, 15) is 4.79 Å². The summed E-state index contributed by atoms with van der Waals surface area (Å²) in [6.07, 6.45) is 8.05. The molecule has 0 saturated heterocycles. The first-order chi connectivity index (χ1) is 11.7. The van der Waals surface area contributed by atoms with Crippen LogP contribution >= 0.6 is 0 Å². The number of aromatic nitrogens is 2. The second kappa shape index (κ2) is 5.86. The molecular weight excluding hydrogens is 300 g/mol. The number of nitrogens with one attached hydrogen (secondary N) is 4. The van der Waals surface area contributed by atoms with Crippen LogP contribution in [0, 0.1) is 0 Å². The third-order valence-electron chi connectivity index (χ3n) is 4.28. The molecule has 24 heavy (non-hydrogen) atoms. The van der Waals surface area contributed by atoms with Gasteiger partial charge in [0, 0.05) is 23.5 Å². The van der Waals surface area contributed by atoms with Crippen LogP contribution in [0.25, 0.3) is 27.7 Å². The van der Waals surface area contributed by atoms with E-state index in [4.69, 9.17) is 0 Å². The second-order valence-electron chi connectivity index (χ2n) is 5.79. The van der Waals surface area contributed by atoms with Crippen LogP contribution in [0.1, 0.15) is 5.56 Å². The first kappa shape index (κ1) is 14.5. The topological polar surface area (TPSA) is 72.7 Å². The number of aromatic amines is 2. The summed E-state index contributed by atoms with van der Waals surface area (Å²) >= 11 is 0. The quantitative estimate of drug-likeness (QED) is 0.600. The first-order valence-electron chi connectivity index (χ1n) is 7.87. The van der Waals surface area contributed by atoms with E-state index in [0.29, 0.717) is 5.52 Å². The van der Waals surface area contributed by atoms with Crippen molar-refractivity contribution in [3.8, 4) is 11.3 Å². The molecule has 0 saturated carbocycles. The van der Waals surface area contributed by atoms with Gasteiger partial charge in [0.2, 0.25) is 0 Å². The lowest BCUT2D eigenvalue weighted by molar-refractivity contribution is 0.608. The van der Waals surface area contributed by atoms with E-state index < -0.39 is 0 Å². The highest BCUT2D eigenvalue weighted by molar-refractivity contribution is 5.85. The van der Waals surface area contributed by atoms with Crippen molar-refractivity contribution in [2.45, 2.75) is 6.17 Å². The van der Waals surface area contributed by atoms with Gasteiger partial charge in [0.25, 0.3) is 5.56 Å². The maximum Gasteiger partial charge on any atom is 0.272 e. The number of pyridine rings is 1. The van der Waals surface area contributed by atoms with Gasteiger partial charge in [-0.3, -0.25) is 10.1 Å². The largest absolute Gasteiger partial charge is 0.372 e. The van der Waals surface area contributed by atoms with Gasteiger partial charge in [0.1, 0.15) is 5.52 Å². The van der Waals surface area contributed by atoms with Gasteiger partial charge in [0.05, 0.1) is 6.17 Å². The molecule has 0 bridgehead atoms. The lowest BCUT2D eigenvalue weighted by atomic mass is 10.0. The molecular formula is C19H18N4O. The number of hydrogen-bond donors (Lipinski definition) is 4. The highest BCUT2D eigenvalue weighted by atomic mass is 16.1. The Morgan fingerprint density at radius 1 is 1.08 bits per heavy atom. The standard InChI is InChI=1S/C19H18N4O/c1-20-17-7-6-15(11-22-17)12-2-4-13(5-3-12)16-10-14-8-9-21-19(24)18(14)23-16/h2-11,17,20,22-23H,1H3,(H,21,24). The second-order valence-corrected chi connectivity index (χ2v) is 5.79. The Kier molecular flexibility index (Phi) is 3.55. The zero-order valence-electron chi connectivity index (χ0n) is 13.3. The minimum absolute atomic E-state index is 0.0990. The molecule has 3 aromatic rings. The molecule has 0 aliphatic carbocycles. The normalized spacial score (nSPS) is 16.9. The van der Waals surface area contributed by atoms with E-state index in [1.165, 1.54) is 0 Å². The van der Waals surface area contributed by atoms with E-state index >= 15 is 0 Å². The molecule has 5 heteroatoms. The van der Waals surface area contributed by atoms with Crippen molar-refractivity contribution in [1.29, 1.82) is 0 Å². The summed E-state index contributed by atoms with van der Waals surface area (Å²) in [5.74, 6) is 0. The van der Waals surface area contributed by atoms with Gasteiger partial charge in [-0.05, 0) is 42.0 Å².